The topological polar surface area (TPSA) is 32.8 Å². The van der Waals surface area contributed by atoms with Gasteiger partial charge >= 0.3 is 0 Å². The Morgan fingerprint density at radius 1 is 1.27 bits per heavy atom. The van der Waals surface area contributed by atoms with Crippen molar-refractivity contribution in [2.75, 3.05) is 46.4 Å². The second-order valence-electron chi connectivity index (χ2n) is 6.66. The van der Waals surface area contributed by atoms with Gasteiger partial charge in [-0.05, 0) is 49.6 Å². The van der Waals surface area contributed by atoms with Crippen LogP contribution in [0.25, 0.3) is 0 Å². The van der Waals surface area contributed by atoms with Crippen LogP contribution in [0, 0.1) is 17.8 Å². The lowest BCUT2D eigenvalue weighted by Crippen LogP contribution is -2.38. The van der Waals surface area contributed by atoms with Crippen LogP contribution in [0.3, 0.4) is 0 Å². The van der Waals surface area contributed by atoms with Crippen LogP contribution in [0.1, 0.15) is 36.5 Å². The van der Waals surface area contributed by atoms with Crippen LogP contribution in [0.15, 0.2) is 24.3 Å². The summed E-state index contributed by atoms with van der Waals surface area (Å²) in [4.78, 5) is 16.7. The van der Waals surface area contributed by atoms with E-state index in [1.807, 2.05) is 4.90 Å². The molecule has 0 saturated carbocycles. The molecule has 5 heteroatoms. The van der Waals surface area contributed by atoms with Crippen molar-refractivity contribution in [2.24, 2.45) is 5.92 Å². The van der Waals surface area contributed by atoms with E-state index in [4.69, 9.17) is 16.3 Å². The number of nitrogens with zero attached hydrogens (tertiary/aromatic N) is 2. The third-order valence-electron chi connectivity index (χ3n) is 4.87. The van der Waals surface area contributed by atoms with Crippen molar-refractivity contribution in [3.05, 3.63) is 34.9 Å². The van der Waals surface area contributed by atoms with Crippen LogP contribution in [-0.2, 0) is 4.74 Å². The number of carbonyl (C=O) groups excluding carboxylic acids is 1. The van der Waals surface area contributed by atoms with Crippen LogP contribution in [0.4, 0.5) is 0 Å². The predicted octanol–water partition coefficient (Wildman–Crippen LogP) is 3.55. The van der Waals surface area contributed by atoms with Crippen molar-refractivity contribution in [3.8, 4) is 11.8 Å². The molecule has 1 aliphatic heterocycles. The molecule has 1 amide bonds. The number of ether oxygens (including phenoxy) is 1. The number of carbonyl (C=O) groups is 1. The summed E-state index contributed by atoms with van der Waals surface area (Å²) in [6.07, 6.45) is 2.97. The molecule has 1 saturated heterocycles. The Hall–Kier alpha value is -1.54. The normalized spacial score (nSPS) is 15.0. The zero-order chi connectivity index (χ0) is 18.8. The van der Waals surface area contributed by atoms with Crippen LogP contribution in [0.5, 0.6) is 0 Å². The molecule has 0 unspecified atom stereocenters. The maximum Gasteiger partial charge on any atom is 0.253 e. The molecule has 0 bridgehead atoms. The molecule has 26 heavy (non-hydrogen) atoms. The van der Waals surface area contributed by atoms with Gasteiger partial charge in [-0.15, -0.1) is 5.92 Å². The van der Waals surface area contributed by atoms with E-state index >= 15 is 0 Å². The lowest BCUT2D eigenvalue weighted by Gasteiger charge is -2.31. The van der Waals surface area contributed by atoms with Crippen molar-refractivity contribution in [2.45, 2.75) is 26.2 Å². The number of likely N-dealkylation sites (N-methyl/N-ethyl adjacent to an activating group) is 1. The Labute approximate surface area is 162 Å². The molecule has 0 aliphatic carbocycles. The standard InChI is InChI=1S/C21H29ClN2O2/c1-3-23(16-17-26-2)13-5-4-6-18-11-14-24(15-12-18)21(25)19-7-9-20(22)10-8-19/h7-10,18H,3,6,11-17H2,1-2H3. The van der Waals surface area contributed by atoms with Crippen molar-refractivity contribution in [1.29, 1.82) is 0 Å². The first kappa shape index (κ1) is 20.8. The highest BCUT2D eigenvalue weighted by atomic mass is 35.5. The maximum atomic E-state index is 12.5. The number of benzene rings is 1. The van der Waals surface area contributed by atoms with E-state index in [0.717, 1.165) is 58.6 Å². The van der Waals surface area contributed by atoms with E-state index in [9.17, 15) is 4.79 Å². The molecule has 0 N–H and O–H groups in total. The summed E-state index contributed by atoms with van der Waals surface area (Å²) in [5.41, 5.74) is 0.711. The Balaban J connectivity index is 1.72. The van der Waals surface area contributed by atoms with Gasteiger partial charge in [0.2, 0.25) is 0 Å². The third kappa shape index (κ3) is 6.64. The van der Waals surface area contributed by atoms with Gasteiger partial charge in [0.1, 0.15) is 0 Å². The quantitative estimate of drug-likeness (QED) is 0.682. The first-order valence-corrected chi connectivity index (χ1v) is 9.73. The number of halogens is 1. The first-order valence-electron chi connectivity index (χ1n) is 9.36. The van der Waals surface area contributed by atoms with Crippen LogP contribution >= 0.6 is 11.6 Å². The number of hydrogen-bond acceptors (Lipinski definition) is 3. The molecule has 1 aromatic carbocycles. The minimum absolute atomic E-state index is 0.0999. The van der Waals surface area contributed by atoms with Gasteiger partial charge in [-0.2, -0.15) is 0 Å². The second kappa shape index (κ2) is 11.2. The molecule has 0 radical (unpaired) electrons. The lowest BCUT2D eigenvalue weighted by molar-refractivity contribution is 0.0692. The molecular weight excluding hydrogens is 348 g/mol. The number of piperidine rings is 1. The van der Waals surface area contributed by atoms with Gasteiger partial charge in [-0.25, -0.2) is 0 Å². The average molecular weight is 377 g/mol. The summed E-state index contributed by atoms with van der Waals surface area (Å²) < 4.78 is 5.11. The first-order chi connectivity index (χ1) is 12.6. The fourth-order valence-electron chi connectivity index (χ4n) is 3.07. The number of rotatable bonds is 7. The van der Waals surface area contributed by atoms with Crippen molar-refractivity contribution in [1.82, 2.24) is 9.80 Å². The molecule has 0 spiro atoms. The Kier molecular flexibility index (Phi) is 8.97. The van der Waals surface area contributed by atoms with Gasteiger partial charge in [-0.1, -0.05) is 24.4 Å². The number of amides is 1. The Morgan fingerprint density at radius 2 is 1.96 bits per heavy atom. The molecule has 1 aliphatic rings. The maximum absolute atomic E-state index is 12.5. The van der Waals surface area contributed by atoms with Crippen LogP contribution < -0.4 is 0 Å². The molecule has 1 heterocycles. The highest BCUT2D eigenvalue weighted by Crippen LogP contribution is 2.22. The summed E-state index contributed by atoms with van der Waals surface area (Å²) in [5, 5.41) is 0.655. The van der Waals surface area contributed by atoms with Crippen molar-refractivity contribution >= 4 is 17.5 Å². The average Bonchev–Trinajstić information content (AvgIpc) is 2.68. The Bertz CT molecular complexity index is 613. The van der Waals surface area contributed by atoms with Crippen LogP contribution in [-0.4, -0.2) is 62.1 Å². The zero-order valence-electron chi connectivity index (χ0n) is 15.8. The van der Waals surface area contributed by atoms with Crippen LogP contribution in [0.2, 0.25) is 5.02 Å². The summed E-state index contributed by atoms with van der Waals surface area (Å²) in [6, 6.07) is 7.13. The molecular formula is C21H29ClN2O2. The molecule has 2 rings (SSSR count). The van der Waals surface area contributed by atoms with Gasteiger partial charge in [-0.3, -0.25) is 9.69 Å². The molecule has 0 atom stereocenters. The summed E-state index contributed by atoms with van der Waals surface area (Å²) in [6.45, 7) is 7.22. The SMILES string of the molecule is CCN(CC#CCC1CCN(C(=O)c2ccc(Cl)cc2)CC1)CCOC. The van der Waals surface area contributed by atoms with E-state index in [1.54, 1.807) is 31.4 Å². The van der Waals surface area contributed by atoms with E-state index in [2.05, 4.69) is 23.7 Å². The summed E-state index contributed by atoms with van der Waals surface area (Å²) >= 11 is 5.89. The molecule has 1 fully saturated rings. The van der Waals surface area contributed by atoms with E-state index in [-0.39, 0.29) is 5.91 Å². The molecule has 4 nitrogen and oxygen atoms in total. The third-order valence-corrected chi connectivity index (χ3v) is 5.12. The van der Waals surface area contributed by atoms with E-state index in [1.165, 1.54) is 0 Å². The van der Waals surface area contributed by atoms with E-state index in [0.29, 0.717) is 16.5 Å². The fourth-order valence-corrected chi connectivity index (χ4v) is 3.19. The largest absolute Gasteiger partial charge is 0.383 e. The zero-order valence-corrected chi connectivity index (χ0v) is 16.6. The van der Waals surface area contributed by atoms with Gasteiger partial charge in [0.25, 0.3) is 5.91 Å². The second-order valence-corrected chi connectivity index (χ2v) is 7.10. The van der Waals surface area contributed by atoms with Gasteiger partial charge < -0.3 is 9.64 Å². The molecule has 1 aromatic rings. The van der Waals surface area contributed by atoms with Gasteiger partial charge in [0.05, 0.1) is 13.2 Å². The van der Waals surface area contributed by atoms with Gasteiger partial charge in [0, 0.05) is 43.8 Å². The highest BCUT2D eigenvalue weighted by molar-refractivity contribution is 6.30. The monoisotopic (exact) mass is 376 g/mol. The van der Waals surface area contributed by atoms with Crippen molar-refractivity contribution in [3.63, 3.8) is 0 Å². The number of methoxy groups -OCH3 is 1. The van der Waals surface area contributed by atoms with Crippen molar-refractivity contribution < 1.29 is 9.53 Å². The number of likely N-dealkylation sites (tertiary alicyclic amines) is 1. The summed E-state index contributed by atoms with van der Waals surface area (Å²) in [7, 11) is 1.73. The van der Waals surface area contributed by atoms with Gasteiger partial charge in [0.15, 0.2) is 0 Å². The Morgan fingerprint density at radius 3 is 2.58 bits per heavy atom. The lowest BCUT2D eigenvalue weighted by atomic mass is 9.93. The smallest absolute Gasteiger partial charge is 0.253 e. The van der Waals surface area contributed by atoms with E-state index < -0.39 is 0 Å². The summed E-state index contributed by atoms with van der Waals surface area (Å²) in [5.74, 6) is 7.30. The minimum atomic E-state index is 0.0999. The fraction of sp³-hybridized carbons (Fsp3) is 0.571. The predicted molar refractivity (Wildman–Crippen MR) is 106 cm³/mol. The number of hydrogen-bond donors (Lipinski definition) is 0. The minimum Gasteiger partial charge on any atom is -0.383 e. The highest BCUT2D eigenvalue weighted by Gasteiger charge is 2.23. The molecule has 142 valence electrons. The molecule has 0 aromatic heterocycles.